The molecule has 0 unspecified atom stereocenters. The zero-order chi connectivity index (χ0) is 21.1. The molecule has 0 heterocycles. The number of aromatic hydroxyl groups is 1. The number of phenols is 1. The van der Waals surface area contributed by atoms with Gasteiger partial charge in [-0.05, 0) is 36.6 Å². The van der Waals surface area contributed by atoms with Crippen molar-refractivity contribution in [2.24, 2.45) is 11.7 Å². The van der Waals surface area contributed by atoms with Gasteiger partial charge in [-0.3, -0.25) is 5.01 Å². The standard InChI is InChI=1S/C17H19F3N4O3S/c1-23(21)16(26)24(22)13-4-3-5-15(28-2)11(13)9-27-14-7-6-10(25)8-12(14)17(18,19)20/h3-8,25H,9,21-22H2,1-2H3. The van der Waals surface area contributed by atoms with Crippen molar-refractivity contribution in [3.05, 3.63) is 47.5 Å². The van der Waals surface area contributed by atoms with E-state index in [4.69, 9.17) is 16.4 Å². The van der Waals surface area contributed by atoms with Crippen LogP contribution >= 0.6 is 11.8 Å². The van der Waals surface area contributed by atoms with Crippen molar-refractivity contribution in [2.75, 3.05) is 18.3 Å². The van der Waals surface area contributed by atoms with Crippen LogP contribution in [-0.4, -0.2) is 29.4 Å². The number of alkyl halides is 3. The van der Waals surface area contributed by atoms with Gasteiger partial charge in [-0.25, -0.2) is 21.5 Å². The number of hydrogen-bond acceptors (Lipinski definition) is 6. The van der Waals surface area contributed by atoms with E-state index < -0.39 is 29.3 Å². The van der Waals surface area contributed by atoms with Crippen molar-refractivity contribution < 1.29 is 27.8 Å². The van der Waals surface area contributed by atoms with E-state index in [0.717, 1.165) is 22.2 Å². The molecule has 2 rings (SSSR count). The summed E-state index contributed by atoms with van der Waals surface area (Å²) in [6.45, 7) is -0.296. The summed E-state index contributed by atoms with van der Waals surface area (Å²) in [5, 5.41) is 10.9. The molecule has 11 heteroatoms. The third kappa shape index (κ3) is 4.80. The quantitative estimate of drug-likeness (QED) is 0.299. The number of thioether (sulfide) groups is 1. The Morgan fingerprint density at radius 3 is 2.50 bits per heavy atom. The fourth-order valence-corrected chi connectivity index (χ4v) is 3.03. The summed E-state index contributed by atoms with van der Waals surface area (Å²) in [4.78, 5) is 12.7. The molecule has 28 heavy (non-hydrogen) atoms. The lowest BCUT2D eigenvalue weighted by Crippen LogP contribution is -2.49. The highest BCUT2D eigenvalue weighted by Gasteiger charge is 2.35. The summed E-state index contributed by atoms with van der Waals surface area (Å²) in [6, 6.07) is 6.88. The average molecular weight is 416 g/mol. The van der Waals surface area contributed by atoms with E-state index in [-0.39, 0.29) is 12.3 Å². The number of urea groups is 1. The molecule has 0 saturated heterocycles. The van der Waals surface area contributed by atoms with Gasteiger partial charge in [-0.2, -0.15) is 13.2 Å². The Hall–Kier alpha value is -2.63. The van der Waals surface area contributed by atoms with Gasteiger partial charge in [0.15, 0.2) is 0 Å². The Morgan fingerprint density at radius 1 is 1.25 bits per heavy atom. The Morgan fingerprint density at radius 2 is 1.93 bits per heavy atom. The SMILES string of the molecule is CSc1cccc(N(N)C(=O)N(C)N)c1COc1ccc(O)cc1C(F)(F)F. The molecular weight excluding hydrogens is 397 g/mol. The van der Waals surface area contributed by atoms with E-state index in [1.165, 1.54) is 24.9 Å². The zero-order valence-corrected chi connectivity index (χ0v) is 15.8. The molecular formula is C17H19F3N4O3S. The van der Waals surface area contributed by atoms with Crippen LogP contribution in [0.4, 0.5) is 23.7 Å². The monoisotopic (exact) mass is 416 g/mol. The van der Waals surface area contributed by atoms with Gasteiger partial charge < -0.3 is 9.84 Å². The molecule has 2 aromatic carbocycles. The molecule has 0 saturated carbocycles. The number of ether oxygens (including phenoxy) is 1. The van der Waals surface area contributed by atoms with Crippen LogP contribution in [0.25, 0.3) is 0 Å². The number of nitrogens with zero attached hydrogens (tertiary/aromatic N) is 2. The van der Waals surface area contributed by atoms with Crippen LogP contribution in [0.3, 0.4) is 0 Å². The smallest absolute Gasteiger partial charge is 0.420 e. The molecule has 2 amide bonds. The molecule has 0 fully saturated rings. The molecule has 2 aromatic rings. The minimum Gasteiger partial charge on any atom is -0.508 e. The molecule has 152 valence electrons. The fourth-order valence-electron chi connectivity index (χ4n) is 2.40. The highest BCUT2D eigenvalue weighted by Crippen LogP contribution is 2.39. The van der Waals surface area contributed by atoms with Crippen LogP contribution in [0, 0.1) is 0 Å². The second-order valence-corrected chi connectivity index (χ2v) is 6.54. The minimum atomic E-state index is -4.71. The molecule has 0 spiro atoms. The third-order valence-electron chi connectivity index (χ3n) is 3.74. The first-order valence-corrected chi connectivity index (χ1v) is 9.04. The maximum Gasteiger partial charge on any atom is 0.420 e. The lowest BCUT2D eigenvalue weighted by atomic mass is 10.1. The van der Waals surface area contributed by atoms with Crippen molar-refractivity contribution >= 4 is 23.5 Å². The van der Waals surface area contributed by atoms with Gasteiger partial charge in [0.2, 0.25) is 0 Å². The lowest BCUT2D eigenvalue weighted by Gasteiger charge is -2.24. The van der Waals surface area contributed by atoms with Crippen molar-refractivity contribution in [3.63, 3.8) is 0 Å². The van der Waals surface area contributed by atoms with E-state index in [9.17, 15) is 23.1 Å². The van der Waals surface area contributed by atoms with Gasteiger partial charge in [0.25, 0.3) is 0 Å². The Bertz CT molecular complexity index is 862. The number of rotatable bonds is 5. The number of hydrogen-bond donors (Lipinski definition) is 3. The van der Waals surface area contributed by atoms with Crippen LogP contribution < -0.4 is 21.4 Å². The van der Waals surface area contributed by atoms with E-state index in [1.807, 2.05) is 0 Å². The maximum absolute atomic E-state index is 13.2. The predicted octanol–water partition coefficient (Wildman–Crippen LogP) is 3.32. The number of anilines is 1. The van der Waals surface area contributed by atoms with Crippen LogP contribution in [0.5, 0.6) is 11.5 Å². The molecule has 0 aliphatic carbocycles. The first-order valence-electron chi connectivity index (χ1n) is 7.82. The van der Waals surface area contributed by atoms with Gasteiger partial charge in [-0.1, -0.05) is 6.07 Å². The zero-order valence-electron chi connectivity index (χ0n) is 15.0. The summed E-state index contributed by atoms with van der Waals surface area (Å²) in [5.41, 5.74) is -0.464. The molecule has 0 atom stereocenters. The normalized spacial score (nSPS) is 11.2. The van der Waals surface area contributed by atoms with Gasteiger partial charge in [-0.15, -0.1) is 11.8 Å². The highest BCUT2D eigenvalue weighted by molar-refractivity contribution is 7.98. The molecule has 0 radical (unpaired) electrons. The number of halogens is 3. The Balaban J connectivity index is 2.41. The topological polar surface area (TPSA) is 105 Å². The van der Waals surface area contributed by atoms with E-state index in [1.54, 1.807) is 18.4 Å². The number of amides is 2. The van der Waals surface area contributed by atoms with Crippen molar-refractivity contribution in [1.82, 2.24) is 5.01 Å². The number of carbonyl (C=O) groups is 1. The molecule has 0 bridgehead atoms. The van der Waals surface area contributed by atoms with Gasteiger partial charge in [0.05, 0.1) is 5.69 Å². The summed E-state index contributed by atoms with van der Waals surface area (Å²) in [7, 11) is 1.31. The molecule has 0 aromatic heterocycles. The van der Waals surface area contributed by atoms with E-state index in [2.05, 4.69) is 0 Å². The molecule has 0 aliphatic heterocycles. The minimum absolute atomic E-state index is 0.237. The van der Waals surface area contributed by atoms with E-state index >= 15 is 0 Å². The fraction of sp³-hybridized carbons (Fsp3) is 0.235. The predicted molar refractivity (Wildman–Crippen MR) is 99.7 cm³/mol. The number of phenolic OH excluding ortho intramolecular Hbond substituents is 1. The van der Waals surface area contributed by atoms with Crippen LogP contribution in [0.1, 0.15) is 11.1 Å². The second-order valence-electron chi connectivity index (χ2n) is 5.69. The average Bonchev–Trinajstić information content (AvgIpc) is 2.64. The summed E-state index contributed by atoms with van der Waals surface area (Å²) in [6.07, 6.45) is -2.95. The molecule has 5 N–H and O–H groups in total. The molecule has 0 aliphatic rings. The third-order valence-corrected chi connectivity index (χ3v) is 4.56. The van der Waals surface area contributed by atoms with Gasteiger partial charge in [0.1, 0.15) is 23.7 Å². The number of hydrazine groups is 2. The van der Waals surface area contributed by atoms with E-state index in [0.29, 0.717) is 16.5 Å². The maximum atomic E-state index is 13.2. The second kappa shape index (κ2) is 8.59. The van der Waals surface area contributed by atoms with Gasteiger partial charge >= 0.3 is 12.2 Å². The van der Waals surface area contributed by atoms with Crippen LogP contribution in [-0.2, 0) is 12.8 Å². The number of carbonyl (C=O) groups excluding carboxylic acids is 1. The largest absolute Gasteiger partial charge is 0.508 e. The van der Waals surface area contributed by atoms with Crippen molar-refractivity contribution in [1.29, 1.82) is 0 Å². The number of nitrogens with two attached hydrogens (primary N) is 2. The highest BCUT2D eigenvalue weighted by atomic mass is 32.2. The van der Waals surface area contributed by atoms with Gasteiger partial charge in [0, 0.05) is 17.5 Å². The van der Waals surface area contributed by atoms with Crippen molar-refractivity contribution in [2.45, 2.75) is 17.7 Å². The summed E-state index contributed by atoms with van der Waals surface area (Å²) < 4.78 is 45.0. The molecule has 7 nitrogen and oxygen atoms in total. The van der Waals surface area contributed by atoms with Crippen molar-refractivity contribution in [3.8, 4) is 11.5 Å². The number of benzene rings is 2. The summed E-state index contributed by atoms with van der Waals surface area (Å²) >= 11 is 1.31. The van der Waals surface area contributed by atoms with Crippen LogP contribution in [0.15, 0.2) is 41.3 Å². The first kappa shape index (κ1) is 21.7. The Labute approximate surface area is 163 Å². The van der Waals surface area contributed by atoms with Crippen LogP contribution in [0.2, 0.25) is 0 Å². The Kier molecular flexibility index (Phi) is 6.65. The lowest BCUT2D eigenvalue weighted by molar-refractivity contribution is -0.139. The first-order chi connectivity index (χ1) is 13.1. The summed E-state index contributed by atoms with van der Waals surface area (Å²) in [5.74, 6) is 10.3.